The smallest absolute Gasteiger partial charge is 0.0759 e. The summed E-state index contributed by atoms with van der Waals surface area (Å²) in [5.74, 6) is 1.65. The summed E-state index contributed by atoms with van der Waals surface area (Å²) in [5.41, 5.74) is 0. The topological polar surface area (TPSA) is 24.5 Å². The van der Waals surface area contributed by atoms with E-state index >= 15 is 0 Å². The highest BCUT2D eigenvalue weighted by Gasteiger charge is 2.45. The molecule has 0 amide bonds. The highest BCUT2D eigenvalue weighted by molar-refractivity contribution is 4.99. The molecule has 0 radical (unpaired) electrons. The first-order valence-electron chi connectivity index (χ1n) is 8.31. The van der Waals surface area contributed by atoms with Crippen molar-refractivity contribution in [3.05, 3.63) is 0 Å². The molecule has 0 spiro atoms. The maximum absolute atomic E-state index is 6.05. The van der Waals surface area contributed by atoms with Crippen LogP contribution in [0.15, 0.2) is 0 Å². The van der Waals surface area contributed by atoms with Crippen LogP contribution in [0.3, 0.4) is 0 Å². The molecule has 1 saturated carbocycles. The summed E-state index contributed by atoms with van der Waals surface area (Å²) < 4.78 is 6.05. The Balaban J connectivity index is 1.66. The lowest BCUT2D eigenvalue weighted by Gasteiger charge is -2.45. The molecule has 0 aromatic rings. The normalized spacial score (nSPS) is 42.5. The molecule has 19 heavy (non-hydrogen) atoms. The van der Waals surface area contributed by atoms with Crippen molar-refractivity contribution in [2.45, 2.75) is 70.7 Å². The number of hydrogen-bond donors (Lipinski definition) is 1. The zero-order valence-corrected chi connectivity index (χ0v) is 12.8. The predicted molar refractivity (Wildman–Crippen MR) is 78.3 cm³/mol. The third-order valence-electron chi connectivity index (χ3n) is 5.60. The number of nitrogens with one attached hydrogen (secondary N) is 1. The van der Waals surface area contributed by atoms with E-state index in [1.807, 2.05) is 0 Å². The van der Waals surface area contributed by atoms with Gasteiger partial charge in [-0.3, -0.25) is 4.90 Å². The molecule has 5 unspecified atom stereocenters. The van der Waals surface area contributed by atoms with Gasteiger partial charge in [0, 0.05) is 37.8 Å². The van der Waals surface area contributed by atoms with E-state index in [-0.39, 0.29) is 0 Å². The Hall–Kier alpha value is -0.120. The van der Waals surface area contributed by atoms with Gasteiger partial charge in [0.15, 0.2) is 0 Å². The number of rotatable bonds is 4. The molecule has 3 aliphatic rings. The summed E-state index contributed by atoms with van der Waals surface area (Å²) in [6.07, 6.45) is 5.86. The second kappa shape index (κ2) is 5.71. The lowest BCUT2D eigenvalue weighted by atomic mass is 9.93. The van der Waals surface area contributed by atoms with Gasteiger partial charge in [-0.15, -0.1) is 0 Å². The van der Waals surface area contributed by atoms with Gasteiger partial charge in [0.2, 0.25) is 0 Å². The average Bonchev–Trinajstić information content (AvgIpc) is 3.16. The summed E-state index contributed by atoms with van der Waals surface area (Å²) >= 11 is 0. The third kappa shape index (κ3) is 2.84. The molecule has 0 aromatic heterocycles. The van der Waals surface area contributed by atoms with Crippen LogP contribution in [0.2, 0.25) is 0 Å². The minimum absolute atomic E-state index is 0.540. The second-order valence-corrected chi connectivity index (χ2v) is 6.97. The van der Waals surface area contributed by atoms with E-state index in [4.69, 9.17) is 4.74 Å². The van der Waals surface area contributed by atoms with Crippen molar-refractivity contribution in [2.24, 2.45) is 11.8 Å². The van der Waals surface area contributed by atoms with Crippen LogP contribution in [0, 0.1) is 11.8 Å². The number of nitrogens with zero attached hydrogens (tertiary/aromatic N) is 1. The van der Waals surface area contributed by atoms with Gasteiger partial charge in [-0.2, -0.15) is 0 Å². The van der Waals surface area contributed by atoms with Crippen molar-refractivity contribution in [1.82, 2.24) is 10.2 Å². The minimum Gasteiger partial charge on any atom is -0.376 e. The Labute approximate surface area is 118 Å². The average molecular weight is 266 g/mol. The molecule has 110 valence electrons. The van der Waals surface area contributed by atoms with Crippen LogP contribution >= 0.6 is 0 Å². The minimum atomic E-state index is 0.540. The first-order valence-corrected chi connectivity index (χ1v) is 8.31. The quantitative estimate of drug-likeness (QED) is 0.845. The van der Waals surface area contributed by atoms with Gasteiger partial charge in [-0.05, 0) is 38.0 Å². The van der Waals surface area contributed by atoms with Crippen LogP contribution in [-0.4, -0.2) is 48.8 Å². The van der Waals surface area contributed by atoms with Crippen LogP contribution in [-0.2, 0) is 4.74 Å². The largest absolute Gasteiger partial charge is 0.376 e. The summed E-state index contributed by atoms with van der Waals surface area (Å²) in [6, 6.07) is 2.02. The first-order chi connectivity index (χ1) is 9.20. The van der Waals surface area contributed by atoms with E-state index in [0.717, 1.165) is 25.0 Å². The van der Waals surface area contributed by atoms with Gasteiger partial charge in [0.05, 0.1) is 6.10 Å². The highest BCUT2D eigenvalue weighted by Crippen LogP contribution is 2.41. The van der Waals surface area contributed by atoms with Crippen molar-refractivity contribution < 1.29 is 4.74 Å². The Morgan fingerprint density at radius 2 is 2.11 bits per heavy atom. The van der Waals surface area contributed by atoms with Crippen LogP contribution in [0.1, 0.15) is 46.5 Å². The van der Waals surface area contributed by atoms with E-state index in [9.17, 15) is 0 Å². The molecule has 1 aliphatic carbocycles. The Bertz CT molecular complexity index is 305. The van der Waals surface area contributed by atoms with E-state index in [2.05, 4.69) is 31.0 Å². The molecular weight excluding hydrogens is 236 g/mol. The van der Waals surface area contributed by atoms with Crippen molar-refractivity contribution in [2.75, 3.05) is 19.7 Å². The second-order valence-electron chi connectivity index (χ2n) is 6.97. The van der Waals surface area contributed by atoms with E-state index in [0.29, 0.717) is 24.2 Å². The summed E-state index contributed by atoms with van der Waals surface area (Å²) in [5, 5.41) is 3.75. The molecule has 0 bridgehead atoms. The lowest BCUT2D eigenvalue weighted by molar-refractivity contribution is 0.0108. The fraction of sp³-hybridized carbons (Fsp3) is 1.00. The monoisotopic (exact) mass is 266 g/mol. The SMILES string of the molecule is CCC(C)C1CN(C2CCOC2C2CC2)C(C)CN1. The number of ether oxygens (including phenoxy) is 1. The molecule has 5 atom stereocenters. The van der Waals surface area contributed by atoms with Crippen LogP contribution in [0.5, 0.6) is 0 Å². The van der Waals surface area contributed by atoms with Crippen LogP contribution < -0.4 is 5.32 Å². The number of piperazine rings is 1. The standard InChI is InChI=1S/C16H30N2O/c1-4-11(2)14-10-18(12(3)9-17-14)15-7-8-19-16(15)13-5-6-13/h11-17H,4-10H2,1-3H3. The molecule has 1 N–H and O–H groups in total. The Morgan fingerprint density at radius 3 is 2.79 bits per heavy atom. The fourth-order valence-electron chi connectivity index (χ4n) is 3.87. The molecule has 2 aliphatic heterocycles. The van der Waals surface area contributed by atoms with Gasteiger partial charge in [-0.25, -0.2) is 0 Å². The van der Waals surface area contributed by atoms with Gasteiger partial charge in [0.25, 0.3) is 0 Å². The lowest BCUT2D eigenvalue weighted by Crippen LogP contribution is -2.61. The van der Waals surface area contributed by atoms with Crippen molar-refractivity contribution in [3.8, 4) is 0 Å². The summed E-state index contributed by atoms with van der Waals surface area (Å²) in [7, 11) is 0. The van der Waals surface area contributed by atoms with Crippen molar-refractivity contribution in [3.63, 3.8) is 0 Å². The fourth-order valence-corrected chi connectivity index (χ4v) is 3.87. The zero-order valence-electron chi connectivity index (χ0n) is 12.8. The first kappa shape index (κ1) is 13.8. The molecule has 2 saturated heterocycles. The van der Waals surface area contributed by atoms with Crippen molar-refractivity contribution >= 4 is 0 Å². The Morgan fingerprint density at radius 1 is 1.32 bits per heavy atom. The van der Waals surface area contributed by atoms with Gasteiger partial charge >= 0.3 is 0 Å². The van der Waals surface area contributed by atoms with Crippen LogP contribution in [0.25, 0.3) is 0 Å². The Kier molecular flexibility index (Phi) is 4.16. The maximum atomic E-state index is 6.05. The van der Waals surface area contributed by atoms with Gasteiger partial charge < -0.3 is 10.1 Å². The highest BCUT2D eigenvalue weighted by atomic mass is 16.5. The third-order valence-corrected chi connectivity index (χ3v) is 5.60. The molecular formula is C16H30N2O. The van der Waals surface area contributed by atoms with E-state index in [1.54, 1.807) is 0 Å². The zero-order chi connectivity index (χ0) is 13.4. The van der Waals surface area contributed by atoms with Crippen molar-refractivity contribution in [1.29, 1.82) is 0 Å². The molecule has 3 heteroatoms. The molecule has 0 aromatic carbocycles. The van der Waals surface area contributed by atoms with E-state index in [1.165, 1.54) is 32.2 Å². The summed E-state index contributed by atoms with van der Waals surface area (Å²) in [4.78, 5) is 2.77. The van der Waals surface area contributed by atoms with Crippen LogP contribution in [0.4, 0.5) is 0 Å². The maximum Gasteiger partial charge on any atom is 0.0759 e. The molecule has 2 heterocycles. The summed E-state index contributed by atoms with van der Waals surface area (Å²) in [6.45, 7) is 10.4. The molecule has 3 rings (SSSR count). The molecule has 3 nitrogen and oxygen atoms in total. The van der Waals surface area contributed by atoms with Gasteiger partial charge in [0.1, 0.15) is 0 Å². The van der Waals surface area contributed by atoms with Gasteiger partial charge in [-0.1, -0.05) is 20.3 Å². The predicted octanol–water partition coefficient (Wildman–Crippen LogP) is 2.26. The number of hydrogen-bond acceptors (Lipinski definition) is 3. The van der Waals surface area contributed by atoms with E-state index < -0.39 is 0 Å². The molecule has 3 fully saturated rings.